The first-order valence-electron chi connectivity index (χ1n) is 1.77. The molecule has 0 aromatic heterocycles. The van der Waals surface area contributed by atoms with E-state index in [-0.39, 0.29) is 96.1 Å². The molecule has 15 heteroatoms. The normalized spacial score (nSPS) is 4.50. The van der Waals surface area contributed by atoms with Gasteiger partial charge in [0.2, 0.25) is 0 Å². The molecule has 0 fully saturated rings. The van der Waals surface area contributed by atoms with Crippen LogP contribution in [-0.2, 0) is 0 Å². The molecule has 0 atom stereocenters. The van der Waals surface area contributed by atoms with Gasteiger partial charge in [-0.15, -0.1) is 0 Å². The number of nitrogens with zero attached hydrogens (tertiary/aromatic N) is 3. The van der Waals surface area contributed by atoms with Gasteiger partial charge in [-0.2, -0.15) is 0 Å². The van der Waals surface area contributed by atoms with Gasteiger partial charge < -0.3 is 31.2 Å². The Balaban J connectivity index is -0.0000000135. The van der Waals surface area contributed by atoms with Crippen LogP contribution >= 0.6 is 0 Å². The molecule has 0 spiro atoms. The molecular weight excluding hydrogens is 261 g/mol. The average Bonchev–Trinajstić information content (AvgIpc) is 1.54. The Kier molecular flexibility index (Phi) is 98.9. The van der Waals surface area contributed by atoms with Crippen molar-refractivity contribution in [2.75, 3.05) is 0 Å². The van der Waals surface area contributed by atoms with Crippen molar-refractivity contribution in [2.45, 2.75) is 7.43 Å². The van der Waals surface area contributed by atoms with Crippen molar-refractivity contribution >= 4 is 0 Å². The summed E-state index contributed by atoms with van der Waals surface area (Å²) in [6.45, 7) is 0. The van der Waals surface area contributed by atoms with Crippen molar-refractivity contribution in [3.63, 3.8) is 0 Å². The molecule has 0 radical (unpaired) electrons. The Labute approximate surface area is 157 Å². The van der Waals surface area contributed by atoms with Gasteiger partial charge in [0.05, 0.1) is 0 Å². The Bertz CT molecular complexity index is 126. The van der Waals surface area contributed by atoms with Crippen LogP contribution in [0, 0.1) is 47.8 Å². The predicted molar refractivity (Wildman–Crippen MR) is 35.9 cm³/mol. The van der Waals surface area contributed by atoms with E-state index in [1.54, 1.807) is 0 Å². The molecule has 0 rings (SSSR count). The van der Waals surface area contributed by atoms with Gasteiger partial charge in [0.25, 0.3) is 0 Å². The van der Waals surface area contributed by atoms with Gasteiger partial charge in [-0.05, 0) is 16.6 Å². The summed E-state index contributed by atoms with van der Waals surface area (Å²) in [5.41, 5.74) is 15.9. The van der Waals surface area contributed by atoms with Crippen LogP contribution in [0.1, 0.15) is 7.43 Å². The molecule has 0 saturated heterocycles. The molecule has 16 heavy (non-hydrogen) atoms. The Hall–Kier alpha value is 0.600. The fraction of sp³-hybridized carbons (Fsp3) is 1.00. The van der Waals surface area contributed by atoms with Crippen LogP contribution in [0.3, 0.4) is 0 Å². The second kappa shape index (κ2) is 36.1. The standard InChI is InChI=1S/CH4.3HN2O2.3Na/c;3*1-2(3)4;;;/h1H4;3*(H-,1,3,4);;;/q;3*-1;3*+1. The first-order chi connectivity index (χ1) is 5.20. The zero-order chi connectivity index (χ0) is 10.7. The molecule has 0 amide bonds. The summed E-state index contributed by atoms with van der Waals surface area (Å²) in [6.07, 6.45) is 0. The minimum atomic E-state index is -1.25. The number of hydrogen-bond acceptors (Lipinski definition) is 9. The summed E-state index contributed by atoms with van der Waals surface area (Å²) in [5, 5.41) is 47.1. The fourth-order valence-electron chi connectivity index (χ4n) is 0. The zero-order valence-corrected chi connectivity index (χ0v) is 14.3. The van der Waals surface area contributed by atoms with Crippen LogP contribution in [-0.4, -0.2) is 15.1 Å². The average molecular weight is 268 g/mol. The monoisotopic (exact) mass is 268 g/mol. The van der Waals surface area contributed by atoms with Gasteiger partial charge in [-0.1, -0.05) is 22.5 Å². The van der Waals surface area contributed by atoms with Crippen LogP contribution in [0.5, 0.6) is 0 Å². The van der Waals surface area contributed by atoms with Gasteiger partial charge in [0.15, 0.2) is 0 Å². The Morgan fingerprint density at radius 3 is 0.500 bits per heavy atom. The third-order valence-corrected chi connectivity index (χ3v) is 0. The first-order valence-corrected chi connectivity index (χ1v) is 1.77. The molecule has 0 heterocycles. The van der Waals surface area contributed by atoms with E-state index >= 15 is 0 Å². The largest absolute Gasteiger partial charge is 1.00 e. The van der Waals surface area contributed by atoms with Gasteiger partial charge >= 0.3 is 88.7 Å². The maximum Gasteiger partial charge on any atom is 1.00 e. The quantitative estimate of drug-likeness (QED) is 0.219. The molecule has 0 aliphatic heterocycles. The number of hydrogen-bond donors (Lipinski definition) is 3. The molecule has 0 aromatic carbocycles. The molecule has 12 nitrogen and oxygen atoms in total. The molecule has 0 unspecified atom stereocenters. The molecule has 0 bridgehead atoms. The van der Waals surface area contributed by atoms with E-state index in [0.29, 0.717) is 0 Å². The number of rotatable bonds is 0. The topological polar surface area (TPSA) is 219 Å². The van der Waals surface area contributed by atoms with Crippen molar-refractivity contribution in [1.29, 1.82) is 16.6 Å². The summed E-state index contributed by atoms with van der Waals surface area (Å²) in [7, 11) is 0. The molecule has 3 N–H and O–H groups in total. The predicted octanol–water partition coefficient (Wildman–Crippen LogP) is -8.28. The molecular formula is CH7N6Na3O6. The second-order valence-corrected chi connectivity index (χ2v) is 0.771. The molecule has 80 valence electrons. The summed E-state index contributed by atoms with van der Waals surface area (Å²) in [6, 6.07) is 0. The number of nitrogens with one attached hydrogen (secondary N) is 3. The van der Waals surface area contributed by atoms with E-state index < -0.39 is 15.1 Å². The Morgan fingerprint density at radius 1 is 0.500 bits per heavy atom. The molecule has 0 aromatic rings. The van der Waals surface area contributed by atoms with Gasteiger partial charge in [0.1, 0.15) is 0 Å². The second-order valence-electron chi connectivity index (χ2n) is 0.771. The van der Waals surface area contributed by atoms with E-state index in [4.69, 9.17) is 47.8 Å². The minimum absolute atomic E-state index is 0. The third-order valence-electron chi connectivity index (χ3n) is 0. The van der Waals surface area contributed by atoms with Crippen molar-refractivity contribution in [2.24, 2.45) is 0 Å². The zero-order valence-electron chi connectivity index (χ0n) is 8.29. The van der Waals surface area contributed by atoms with Crippen molar-refractivity contribution < 1.29 is 104 Å². The molecule has 0 aliphatic carbocycles. The maximum absolute atomic E-state index is 8.47. The van der Waals surface area contributed by atoms with Crippen molar-refractivity contribution in [1.82, 2.24) is 0 Å². The van der Waals surface area contributed by atoms with E-state index in [1.165, 1.54) is 0 Å². The molecule has 0 saturated carbocycles. The van der Waals surface area contributed by atoms with Crippen molar-refractivity contribution in [3.8, 4) is 0 Å². The van der Waals surface area contributed by atoms with Gasteiger partial charge in [0, 0.05) is 0 Å². The van der Waals surface area contributed by atoms with E-state index in [2.05, 4.69) is 0 Å². The smallest absolute Gasteiger partial charge is 0.588 e. The van der Waals surface area contributed by atoms with Crippen LogP contribution in [0.2, 0.25) is 0 Å². The van der Waals surface area contributed by atoms with Crippen LogP contribution in [0.4, 0.5) is 0 Å². The summed E-state index contributed by atoms with van der Waals surface area (Å²) >= 11 is 0. The van der Waals surface area contributed by atoms with Crippen LogP contribution in [0.25, 0.3) is 0 Å². The summed E-state index contributed by atoms with van der Waals surface area (Å²) < 4.78 is 0. The van der Waals surface area contributed by atoms with E-state index in [0.717, 1.165) is 0 Å². The van der Waals surface area contributed by atoms with Crippen LogP contribution in [0.15, 0.2) is 0 Å². The van der Waals surface area contributed by atoms with Crippen molar-refractivity contribution in [3.05, 3.63) is 31.2 Å². The van der Waals surface area contributed by atoms with E-state index in [9.17, 15) is 0 Å². The molecule has 0 aliphatic rings. The Morgan fingerprint density at radius 2 is 0.500 bits per heavy atom. The van der Waals surface area contributed by atoms with Gasteiger partial charge in [-0.3, -0.25) is 0 Å². The third kappa shape index (κ3) is 7500. The maximum atomic E-state index is 8.47. The summed E-state index contributed by atoms with van der Waals surface area (Å²) in [5.74, 6) is 0. The summed E-state index contributed by atoms with van der Waals surface area (Å²) in [4.78, 5) is 0. The van der Waals surface area contributed by atoms with Gasteiger partial charge in [-0.25, -0.2) is 0 Å². The van der Waals surface area contributed by atoms with Crippen LogP contribution < -0.4 is 88.7 Å². The first kappa shape index (κ1) is 43.8. The SMILES string of the molecule is C.N=[N+]([O-])[O-].N=[N+]([O-])[O-].N=[N+]([O-])[O-].[Na+].[Na+].[Na+]. The van der Waals surface area contributed by atoms with E-state index in [1.807, 2.05) is 0 Å². The fourth-order valence-corrected chi connectivity index (χ4v) is 0. The minimum Gasteiger partial charge on any atom is -0.588 e.